The van der Waals surface area contributed by atoms with Gasteiger partial charge in [0.25, 0.3) is 0 Å². The van der Waals surface area contributed by atoms with Crippen LogP contribution in [0.25, 0.3) is 0 Å². The number of aliphatic hydroxyl groups excluding tert-OH is 7. The third-order valence-electron chi connectivity index (χ3n) is 24.7. The van der Waals surface area contributed by atoms with Crippen LogP contribution in [0, 0.1) is 85.2 Å². The van der Waals surface area contributed by atoms with Crippen molar-refractivity contribution in [2.75, 3.05) is 31.7 Å². The van der Waals surface area contributed by atoms with Crippen molar-refractivity contribution in [1.29, 1.82) is 0 Å². The Labute approximate surface area is 450 Å². The smallest absolute Gasteiger partial charge is 0.310 e. The Morgan fingerprint density at radius 2 is 1.70 bits per heavy atom. The van der Waals surface area contributed by atoms with Crippen LogP contribution < -0.4 is 16.4 Å². The summed E-state index contributed by atoms with van der Waals surface area (Å²) in [5.41, 5.74) is 2.42. The maximum atomic E-state index is 15.2. The normalized spacial score (nSPS) is 49.8. The zero-order chi connectivity index (χ0) is 54.6. The molecule has 0 bridgehead atoms. The standard InChI is InChI=1S/C58H85N7O12/c1-51(25-66)18-19-58(50(74)75)32(21-51)30-8-9-37-53(3,55(30,5)31-20-34-47(64-28-62-34)61-22-33(31)58)15-11-36-52(2,26-67)46(77-48-44(72)42(70)35(68)24-76-48)43(71)40(54(36,37)4)29-10-16-56(17-12-39(59)69,38-23-60-27-63-38)45-41(29)57(49(73)65-45)13-6-7-14-57/h8,10,16,23,27-29,31-33,35-37,39-46,48,61,66-72H,6-7,9,11-15,17-22,24-26,59H2,1-5H3,(H,60,63)(H,62,64)(H,65,73)(H,74,75). The van der Waals surface area contributed by atoms with Gasteiger partial charge in [0.05, 0.1) is 60.0 Å². The van der Waals surface area contributed by atoms with Gasteiger partial charge in [0.2, 0.25) is 5.91 Å². The molecule has 7 aliphatic carbocycles. The number of amides is 1. The van der Waals surface area contributed by atoms with Crippen LogP contribution in [-0.2, 0) is 30.9 Å². The molecule has 1 spiro atoms. The van der Waals surface area contributed by atoms with Gasteiger partial charge in [-0.2, -0.15) is 0 Å². The molecule has 3 aliphatic heterocycles. The zero-order valence-electron chi connectivity index (χ0n) is 45.4. The summed E-state index contributed by atoms with van der Waals surface area (Å²) in [6.07, 6.45) is 9.58. The molecule has 23 unspecified atom stereocenters. The Morgan fingerprint density at radius 3 is 2.39 bits per heavy atom. The number of hydrogen-bond acceptors (Lipinski definition) is 15. The molecule has 19 heteroatoms. The third-order valence-corrected chi connectivity index (χ3v) is 24.7. The van der Waals surface area contributed by atoms with E-state index in [1.807, 2.05) is 6.92 Å². The number of carbonyl (C=O) groups is 2. The first-order valence-electron chi connectivity index (χ1n) is 28.9. The molecule has 424 valence electrons. The number of H-pyrrole nitrogens is 2. The minimum atomic E-state index is -1.67. The highest BCUT2D eigenvalue weighted by atomic mass is 16.7. The fourth-order valence-electron chi connectivity index (χ4n) is 20.9. The molecule has 2 aromatic rings. The highest BCUT2D eigenvalue weighted by Gasteiger charge is 2.78. The van der Waals surface area contributed by atoms with Crippen molar-refractivity contribution in [2.45, 2.75) is 173 Å². The van der Waals surface area contributed by atoms with Crippen molar-refractivity contribution >= 4 is 17.7 Å². The van der Waals surface area contributed by atoms with Crippen LogP contribution in [0.5, 0.6) is 0 Å². The third kappa shape index (κ3) is 7.09. The fourth-order valence-corrected chi connectivity index (χ4v) is 20.9. The first-order chi connectivity index (χ1) is 36.6. The topological polar surface area (TPSA) is 322 Å². The Kier molecular flexibility index (Phi) is 12.9. The largest absolute Gasteiger partial charge is 0.481 e. The molecule has 5 heterocycles. The molecule has 1 amide bonds. The van der Waals surface area contributed by atoms with E-state index in [2.05, 4.69) is 71.5 Å². The van der Waals surface area contributed by atoms with Crippen molar-refractivity contribution in [3.63, 3.8) is 0 Å². The lowest BCUT2D eigenvalue weighted by atomic mass is 9.28. The van der Waals surface area contributed by atoms with Crippen molar-refractivity contribution in [3.05, 3.63) is 54.0 Å². The van der Waals surface area contributed by atoms with E-state index < -0.39 is 123 Å². The molecule has 2 saturated heterocycles. The average molecular weight is 1070 g/mol. The number of aliphatic hydroxyl groups is 7. The van der Waals surface area contributed by atoms with Crippen molar-refractivity contribution in [3.8, 4) is 0 Å². The molecule has 23 atom stereocenters. The average Bonchev–Trinajstić information content (AvgIpc) is 4.36. The van der Waals surface area contributed by atoms with Gasteiger partial charge in [-0.15, -0.1) is 0 Å². The van der Waals surface area contributed by atoms with E-state index in [1.54, 1.807) is 18.9 Å². The number of anilines is 1. The molecule has 77 heavy (non-hydrogen) atoms. The van der Waals surface area contributed by atoms with Gasteiger partial charge in [0, 0.05) is 42.4 Å². The number of ether oxygens (including phenoxy) is 2. The van der Waals surface area contributed by atoms with E-state index in [9.17, 15) is 45.6 Å². The Morgan fingerprint density at radius 1 is 0.935 bits per heavy atom. The van der Waals surface area contributed by atoms with E-state index in [4.69, 9.17) is 20.2 Å². The molecule has 14 N–H and O–H groups in total. The number of imidazole rings is 2. The minimum Gasteiger partial charge on any atom is -0.481 e. The Bertz CT molecular complexity index is 2660. The number of allylic oxidation sites excluding steroid dienone is 3. The van der Waals surface area contributed by atoms with Gasteiger partial charge in [-0.3, -0.25) is 9.59 Å². The molecule has 19 nitrogen and oxygen atoms in total. The van der Waals surface area contributed by atoms with Crippen molar-refractivity contribution in [1.82, 2.24) is 25.3 Å². The number of aromatic amines is 2. The summed E-state index contributed by atoms with van der Waals surface area (Å²) in [6, 6.07) is -0.523. The van der Waals surface area contributed by atoms with Gasteiger partial charge >= 0.3 is 5.97 Å². The number of rotatable bonds is 10. The second-order valence-corrected chi connectivity index (χ2v) is 27.5. The number of aliphatic carboxylic acids is 1. The molecular weight excluding hydrogens is 987 g/mol. The number of carboxylic acids is 1. The van der Waals surface area contributed by atoms with Crippen LogP contribution >= 0.6 is 0 Å². The van der Waals surface area contributed by atoms with E-state index in [-0.39, 0.29) is 55.1 Å². The predicted octanol–water partition coefficient (Wildman–Crippen LogP) is 3.26. The minimum absolute atomic E-state index is 0.0361. The Balaban J connectivity index is 1.08. The van der Waals surface area contributed by atoms with Crippen LogP contribution in [0.4, 0.5) is 5.82 Å². The zero-order valence-corrected chi connectivity index (χ0v) is 45.4. The number of fused-ring (bicyclic) bond motifs is 13. The van der Waals surface area contributed by atoms with Crippen LogP contribution in [0.2, 0.25) is 0 Å². The van der Waals surface area contributed by atoms with Crippen molar-refractivity contribution in [2.24, 2.45) is 91.0 Å². The molecule has 10 aliphatic rings. The summed E-state index contributed by atoms with van der Waals surface area (Å²) in [6.45, 7) is 10.8. The lowest BCUT2D eigenvalue weighted by molar-refractivity contribution is -0.344. The highest BCUT2D eigenvalue weighted by molar-refractivity contribution is 5.87. The van der Waals surface area contributed by atoms with E-state index in [0.717, 1.165) is 35.6 Å². The molecule has 2 aromatic heterocycles. The molecule has 7 fully saturated rings. The maximum Gasteiger partial charge on any atom is 0.310 e. The number of carboxylic acid groups (broad SMARTS) is 1. The van der Waals surface area contributed by atoms with Gasteiger partial charge in [-0.1, -0.05) is 71.3 Å². The van der Waals surface area contributed by atoms with Crippen LogP contribution in [0.1, 0.15) is 123 Å². The molecule has 0 radical (unpaired) electrons. The maximum absolute atomic E-state index is 15.2. The summed E-state index contributed by atoms with van der Waals surface area (Å²) in [4.78, 5) is 45.7. The van der Waals surface area contributed by atoms with Gasteiger partial charge < -0.3 is 76.7 Å². The van der Waals surface area contributed by atoms with Gasteiger partial charge in [-0.25, -0.2) is 9.97 Å². The van der Waals surface area contributed by atoms with Gasteiger partial charge in [0.1, 0.15) is 30.4 Å². The monoisotopic (exact) mass is 1070 g/mol. The number of hydrogen-bond donors (Lipinski definition) is 13. The van der Waals surface area contributed by atoms with E-state index in [1.165, 1.54) is 0 Å². The van der Waals surface area contributed by atoms with Crippen LogP contribution in [-0.4, -0.2) is 148 Å². The number of nitrogens with zero attached hydrogens (tertiary/aromatic N) is 2. The summed E-state index contributed by atoms with van der Waals surface area (Å²) in [5.74, 6) is -3.12. The second kappa shape index (κ2) is 18.4. The number of nitrogens with one attached hydrogen (secondary N) is 4. The van der Waals surface area contributed by atoms with Crippen molar-refractivity contribution < 1.29 is 59.9 Å². The summed E-state index contributed by atoms with van der Waals surface area (Å²) >= 11 is 0. The first kappa shape index (κ1) is 53.9. The quantitative estimate of drug-likeness (QED) is 0.0923. The SMILES string of the molecule is CC1(CO)CCC2(C(=O)O)C(C1)C1=CCC3C4(C)C(C5C=CC(CCC(N)O)(c6cnc[nH]6)C6NC(=O)C7(CCCC7)C56)C(O)C(OC5OCC(O)C(O)C5O)C(C)(CO)C4CCC3(C)C1(C)C1Cc3[nH]cnc3NCC12. The second-order valence-electron chi connectivity index (χ2n) is 27.5. The summed E-state index contributed by atoms with van der Waals surface area (Å²) < 4.78 is 12.9. The number of nitrogens with two attached hydrogens (primary N) is 1. The molecule has 5 saturated carbocycles. The molecule has 12 rings (SSSR count). The fraction of sp³-hybridized carbons (Fsp3) is 0.793. The first-order valence-corrected chi connectivity index (χ1v) is 28.9. The van der Waals surface area contributed by atoms with Crippen LogP contribution in [0.3, 0.4) is 0 Å². The number of carbonyl (C=O) groups excluding carboxylic acids is 1. The summed E-state index contributed by atoms with van der Waals surface area (Å²) in [7, 11) is 0. The Hall–Kier alpha value is -3.76. The lowest BCUT2D eigenvalue weighted by Crippen LogP contribution is -2.75. The van der Waals surface area contributed by atoms with E-state index in [0.29, 0.717) is 70.8 Å². The molecular formula is C58H85N7O12. The van der Waals surface area contributed by atoms with Gasteiger partial charge in [0.15, 0.2) is 6.29 Å². The molecule has 0 aromatic carbocycles. The predicted molar refractivity (Wildman–Crippen MR) is 280 cm³/mol. The lowest BCUT2D eigenvalue weighted by Gasteiger charge is -2.76. The van der Waals surface area contributed by atoms with Gasteiger partial charge in [-0.05, 0) is 134 Å². The van der Waals surface area contributed by atoms with Crippen LogP contribution in [0.15, 0.2) is 42.7 Å². The highest BCUT2D eigenvalue weighted by Crippen LogP contribution is 2.80. The number of aromatic nitrogens is 4. The van der Waals surface area contributed by atoms with E-state index >= 15 is 4.79 Å². The summed E-state index contributed by atoms with van der Waals surface area (Å²) in [5, 5.41) is 100.